The van der Waals surface area contributed by atoms with Crippen molar-refractivity contribution in [3.05, 3.63) is 28.3 Å². The number of ether oxygens (including phenoxy) is 2. The van der Waals surface area contributed by atoms with E-state index in [9.17, 15) is 14.4 Å². The SMILES string of the molecule is CC(C)N1C(=O)C(=O)N(Cc2cc(Cl)cc3c2OCOC3)C1=O. The van der Waals surface area contributed by atoms with Gasteiger partial charge < -0.3 is 9.47 Å². The van der Waals surface area contributed by atoms with Crippen LogP contribution in [0.25, 0.3) is 0 Å². The highest BCUT2D eigenvalue weighted by Gasteiger charge is 2.45. The summed E-state index contributed by atoms with van der Waals surface area (Å²) in [5.74, 6) is -1.12. The summed E-state index contributed by atoms with van der Waals surface area (Å²) in [6.07, 6.45) is 0. The molecule has 2 aliphatic heterocycles. The summed E-state index contributed by atoms with van der Waals surface area (Å²) < 4.78 is 10.7. The summed E-state index contributed by atoms with van der Waals surface area (Å²) in [4.78, 5) is 38.2. The molecule has 23 heavy (non-hydrogen) atoms. The van der Waals surface area contributed by atoms with Crippen LogP contribution in [0.15, 0.2) is 12.1 Å². The van der Waals surface area contributed by atoms with Gasteiger partial charge in [0.2, 0.25) is 0 Å². The van der Waals surface area contributed by atoms with Crippen LogP contribution in [-0.2, 0) is 27.5 Å². The molecule has 1 saturated heterocycles. The van der Waals surface area contributed by atoms with Crippen molar-refractivity contribution in [3.8, 4) is 5.75 Å². The zero-order valence-corrected chi connectivity index (χ0v) is 13.4. The van der Waals surface area contributed by atoms with Crippen LogP contribution in [0.5, 0.6) is 5.75 Å². The Morgan fingerprint density at radius 3 is 2.61 bits per heavy atom. The van der Waals surface area contributed by atoms with Crippen molar-refractivity contribution in [1.82, 2.24) is 9.80 Å². The van der Waals surface area contributed by atoms with Crippen molar-refractivity contribution in [2.75, 3.05) is 6.79 Å². The summed E-state index contributed by atoms with van der Waals surface area (Å²) in [6.45, 7) is 3.69. The maximum Gasteiger partial charge on any atom is 0.334 e. The smallest absolute Gasteiger partial charge is 0.334 e. The Balaban J connectivity index is 1.93. The number of hydrogen-bond acceptors (Lipinski definition) is 5. The normalized spacial score (nSPS) is 17.8. The first kappa shape index (κ1) is 15.8. The molecule has 0 aromatic heterocycles. The molecule has 0 radical (unpaired) electrons. The zero-order chi connectivity index (χ0) is 16.7. The average molecular weight is 339 g/mol. The fourth-order valence-corrected chi connectivity index (χ4v) is 2.93. The van der Waals surface area contributed by atoms with Crippen LogP contribution in [-0.4, -0.2) is 40.5 Å². The number of rotatable bonds is 3. The molecule has 1 aromatic carbocycles. The van der Waals surface area contributed by atoms with Gasteiger partial charge >= 0.3 is 17.8 Å². The summed E-state index contributed by atoms with van der Waals surface area (Å²) in [5.41, 5.74) is 1.31. The number of amides is 4. The molecule has 0 N–H and O–H groups in total. The number of carbonyl (C=O) groups is 3. The van der Waals surface area contributed by atoms with E-state index in [1.54, 1.807) is 26.0 Å². The molecule has 0 atom stereocenters. The third kappa shape index (κ3) is 2.66. The van der Waals surface area contributed by atoms with Crippen LogP contribution in [0.4, 0.5) is 4.79 Å². The van der Waals surface area contributed by atoms with E-state index >= 15 is 0 Å². The average Bonchev–Trinajstić information content (AvgIpc) is 2.70. The summed E-state index contributed by atoms with van der Waals surface area (Å²) in [6, 6.07) is 2.31. The lowest BCUT2D eigenvalue weighted by molar-refractivity contribution is -0.144. The second-order valence-electron chi connectivity index (χ2n) is 5.61. The monoisotopic (exact) mass is 338 g/mol. The summed E-state index contributed by atoms with van der Waals surface area (Å²) in [7, 11) is 0. The maximum atomic E-state index is 12.3. The predicted molar refractivity (Wildman–Crippen MR) is 79.7 cm³/mol. The van der Waals surface area contributed by atoms with Gasteiger partial charge in [-0.1, -0.05) is 11.6 Å². The highest BCUT2D eigenvalue weighted by molar-refractivity contribution is 6.44. The van der Waals surface area contributed by atoms with E-state index in [0.29, 0.717) is 22.9 Å². The molecule has 0 bridgehead atoms. The molecule has 4 amide bonds. The Labute approximate surface area is 137 Å². The summed E-state index contributed by atoms with van der Waals surface area (Å²) in [5, 5.41) is 0.444. The van der Waals surface area contributed by atoms with E-state index in [0.717, 1.165) is 15.4 Å². The third-order valence-electron chi connectivity index (χ3n) is 3.68. The minimum Gasteiger partial charge on any atom is -0.467 e. The maximum absolute atomic E-state index is 12.3. The van der Waals surface area contributed by atoms with Crippen molar-refractivity contribution >= 4 is 29.4 Å². The molecule has 122 valence electrons. The first-order chi connectivity index (χ1) is 10.9. The predicted octanol–water partition coefficient (Wildman–Crippen LogP) is 1.91. The Hall–Kier alpha value is -2.12. The largest absolute Gasteiger partial charge is 0.467 e. The minimum atomic E-state index is -0.843. The molecule has 0 saturated carbocycles. The molecule has 3 rings (SSSR count). The Bertz CT molecular complexity index is 703. The second kappa shape index (κ2) is 5.82. The highest BCUT2D eigenvalue weighted by Crippen LogP contribution is 2.33. The van der Waals surface area contributed by atoms with Gasteiger partial charge in [0, 0.05) is 22.2 Å². The van der Waals surface area contributed by atoms with Crippen molar-refractivity contribution in [2.45, 2.75) is 33.0 Å². The first-order valence-electron chi connectivity index (χ1n) is 7.11. The Kier molecular flexibility index (Phi) is 3.99. The van der Waals surface area contributed by atoms with E-state index < -0.39 is 17.8 Å². The molecule has 0 spiro atoms. The van der Waals surface area contributed by atoms with Crippen molar-refractivity contribution < 1.29 is 23.9 Å². The third-order valence-corrected chi connectivity index (χ3v) is 3.90. The molecule has 1 fully saturated rings. The lowest BCUT2D eigenvalue weighted by atomic mass is 10.1. The second-order valence-corrected chi connectivity index (χ2v) is 6.04. The van der Waals surface area contributed by atoms with E-state index in [2.05, 4.69) is 0 Å². The van der Waals surface area contributed by atoms with E-state index in [-0.39, 0.29) is 19.4 Å². The fourth-order valence-electron chi connectivity index (χ4n) is 2.66. The van der Waals surface area contributed by atoms with Gasteiger partial charge in [-0.2, -0.15) is 0 Å². The molecule has 7 nitrogen and oxygen atoms in total. The van der Waals surface area contributed by atoms with E-state index in [4.69, 9.17) is 21.1 Å². The van der Waals surface area contributed by atoms with Crippen molar-refractivity contribution in [1.29, 1.82) is 0 Å². The number of carbonyl (C=O) groups excluding carboxylic acids is 3. The number of fused-ring (bicyclic) bond motifs is 1. The molecule has 1 aromatic rings. The molecular formula is C15H15ClN2O5. The number of benzene rings is 1. The van der Waals surface area contributed by atoms with Crippen molar-refractivity contribution in [2.24, 2.45) is 0 Å². The number of halogens is 1. The standard InChI is InChI=1S/C15H15ClN2O5/c1-8(2)18-14(20)13(19)17(15(18)21)5-9-3-11(16)4-10-6-22-7-23-12(9)10/h3-4,8H,5-7H2,1-2H3. The van der Waals surface area contributed by atoms with E-state index in [1.807, 2.05) is 0 Å². The van der Waals surface area contributed by atoms with E-state index in [1.165, 1.54) is 0 Å². The summed E-state index contributed by atoms with van der Waals surface area (Å²) >= 11 is 6.07. The number of nitrogens with zero attached hydrogens (tertiary/aromatic N) is 2. The van der Waals surface area contributed by atoms with Gasteiger partial charge in [-0.15, -0.1) is 0 Å². The van der Waals surface area contributed by atoms with Crippen LogP contribution in [0.1, 0.15) is 25.0 Å². The minimum absolute atomic E-state index is 0.0739. The lowest BCUT2D eigenvalue weighted by Gasteiger charge is -2.23. The van der Waals surface area contributed by atoms with Gasteiger partial charge in [0.25, 0.3) is 0 Å². The van der Waals surface area contributed by atoms with Crippen LogP contribution < -0.4 is 4.74 Å². The Morgan fingerprint density at radius 1 is 1.22 bits per heavy atom. The molecule has 0 unspecified atom stereocenters. The van der Waals surface area contributed by atoms with Crippen LogP contribution in [0, 0.1) is 0 Å². The fraction of sp³-hybridized carbons (Fsp3) is 0.400. The van der Waals surface area contributed by atoms with Gasteiger partial charge in [0.15, 0.2) is 6.79 Å². The quantitative estimate of drug-likeness (QED) is 0.621. The molecule has 2 heterocycles. The van der Waals surface area contributed by atoms with Gasteiger partial charge in [-0.3, -0.25) is 19.4 Å². The first-order valence-corrected chi connectivity index (χ1v) is 7.48. The van der Waals surface area contributed by atoms with Gasteiger partial charge in [-0.05, 0) is 26.0 Å². The molecule has 0 aliphatic carbocycles. The van der Waals surface area contributed by atoms with Crippen molar-refractivity contribution in [3.63, 3.8) is 0 Å². The topological polar surface area (TPSA) is 76.2 Å². The van der Waals surface area contributed by atoms with Gasteiger partial charge in [-0.25, -0.2) is 4.79 Å². The molecular weight excluding hydrogens is 324 g/mol. The molecule has 2 aliphatic rings. The zero-order valence-electron chi connectivity index (χ0n) is 12.7. The Morgan fingerprint density at radius 2 is 1.96 bits per heavy atom. The van der Waals surface area contributed by atoms with Crippen LogP contribution >= 0.6 is 11.6 Å². The van der Waals surface area contributed by atoms with Crippen LogP contribution in [0.2, 0.25) is 5.02 Å². The van der Waals surface area contributed by atoms with Gasteiger partial charge in [0.1, 0.15) is 5.75 Å². The van der Waals surface area contributed by atoms with Crippen LogP contribution in [0.3, 0.4) is 0 Å². The lowest BCUT2D eigenvalue weighted by Crippen LogP contribution is -2.38. The highest BCUT2D eigenvalue weighted by atomic mass is 35.5. The van der Waals surface area contributed by atoms with Gasteiger partial charge in [0.05, 0.1) is 13.2 Å². The number of hydrogen-bond donors (Lipinski definition) is 0. The molecule has 8 heteroatoms. The number of imide groups is 2. The number of urea groups is 1.